The predicted molar refractivity (Wildman–Crippen MR) is 104 cm³/mol. The van der Waals surface area contributed by atoms with Crippen LogP contribution >= 0.6 is 11.6 Å². The lowest BCUT2D eigenvalue weighted by molar-refractivity contribution is -0.138. The summed E-state index contributed by atoms with van der Waals surface area (Å²) in [6.45, 7) is 1.30. The second-order valence-corrected chi connectivity index (χ2v) is 7.19. The van der Waals surface area contributed by atoms with Crippen molar-refractivity contribution in [3.8, 4) is 0 Å². The zero-order valence-electron chi connectivity index (χ0n) is 15.8. The van der Waals surface area contributed by atoms with Gasteiger partial charge in [-0.25, -0.2) is 4.98 Å². The van der Waals surface area contributed by atoms with E-state index in [2.05, 4.69) is 4.98 Å². The first kappa shape index (κ1) is 22.9. The second-order valence-electron chi connectivity index (χ2n) is 6.79. The van der Waals surface area contributed by atoms with Crippen molar-refractivity contribution in [2.24, 2.45) is 0 Å². The lowest BCUT2D eigenvalue weighted by atomic mass is 10.1. The molecule has 31 heavy (non-hydrogen) atoms. The molecule has 1 amide bonds. The molecule has 2 aromatic rings. The maximum Gasteiger partial charge on any atom is 0.417 e. The monoisotopic (exact) mass is 463 g/mol. The van der Waals surface area contributed by atoms with Crippen LogP contribution in [0.25, 0.3) is 6.08 Å². The van der Waals surface area contributed by atoms with E-state index in [4.69, 9.17) is 11.6 Å². The van der Waals surface area contributed by atoms with Crippen molar-refractivity contribution in [1.82, 2.24) is 9.88 Å². The van der Waals surface area contributed by atoms with Gasteiger partial charge >= 0.3 is 12.4 Å². The number of amides is 1. The third kappa shape index (κ3) is 5.69. The highest BCUT2D eigenvalue weighted by atomic mass is 35.5. The van der Waals surface area contributed by atoms with Crippen molar-refractivity contribution in [3.05, 3.63) is 64.3 Å². The summed E-state index contributed by atoms with van der Waals surface area (Å²) in [6, 6.07) is 5.57. The second kappa shape index (κ2) is 8.78. The Morgan fingerprint density at radius 2 is 1.65 bits per heavy atom. The number of carbonyl (C=O) groups is 1. The standard InChI is InChI=1S/C20H16ClF6N3O/c21-16-4-1-13(11-15(16)20(25,26)27)2-6-18(31)30-9-7-29(8-10-30)17-5-3-14(12-28-17)19(22,23)24/h1-6,11-12H,7-10H2/b6-2+. The van der Waals surface area contributed by atoms with Crippen LogP contribution in [-0.4, -0.2) is 42.0 Å². The lowest BCUT2D eigenvalue weighted by Crippen LogP contribution is -2.48. The number of aromatic nitrogens is 1. The average molecular weight is 464 g/mol. The topological polar surface area (TPSA) is 36.4 Å². The smallest absolute Gasteiger partial charge is 0.353 e. The summed E-state index contributed by atoms with van der Waals surface area (Å²) in [5.74, 6) is -0.0139. The van der Waals surface area contributed by atoms with Gasteiger partial charge < -0.3 is 9.80 Å². The van der Waals surface area contributed by atoms with E-state index in [0.29, 0.717) is 32.0 Å². The molecule has 1 aliphatic rings. The Hall–Kier alpha value is -2.75. The zero-order chi connectivity index (χ0) is 22.8. The number of pyridine rings is 1. The minimum Gasteiger partial charge on any atom is -0.353 e. The summed E-state index contributed by atoms with van der Waals surface area (Å²) < 4.78 is 76.7. The Kier molecular flexibility index (Phi) is 6.49. The molecule has 166 valence electrons. The fraction of sp³-hybridized carbons (Fsp3) is 0.300. The number of nitrogens with zero attached hydrogens (tertiary/aromatic N) is 3. The van der Waals surface area contributed by atoms with Gasteiger partial charge in [-0.1, -0.05) is 17.7 Å². The third-order valence-electron chi connectivity index (χ3n) is 4.70. The summed E-state index contributed by atoms with van der Waals surface area (Å²) in [5.41, 5.74) is -1.65. The Morgan fingerprint density at radius 1 is 0.968 bits per heavy atom. The molecule has 11 heteroatoms. The highest BCUT2D eigenvalue weighted by Gasteiger charge is 2.33. The summed E-state index contributed by atoms with van der Waals surface area (Å²) in [5, 5.41) is -0.427. The number of hydrogen-bond acceptors (Lipinski definition) is 3. The number of rotatable bonds is 3. The Labute approximate surface area is 178 Å². The van der Waals surface area contributed by atoms with Crippen molar-refractivity contribution in [2.75, 3.05) is 31.1 Å². The Bertz CT molecular complexity index is 964. The van der Waals surface area contributed by atoms with Gasteiger partial charge in [0.05, 0.1) is 16.1 Å². The Balaban J connectivity index is 1.59. The largest absolute Gasteiger partial charge is 0.417 e. The van der Waals surface area contributed by atoms with E-state index in [1.165, 1.54) is 29.2 Å². The summed E-state index contributed by atoms with van der Waals surface area (Å²) in [4.78, 5) is 19.4. The molecule has 0 radical (unpaired) electrons. The van der Waals surface area contributed by atoms with Gasteiger partial charge in [-0.3, -0.25) is 4.79 Å². The summed E-state index contributed by atoms with van der Waals surface area (Å²) in [6.07, 6.45) is -5.86. The van der Waals surface area contributed by atoms with Crippen molar-refractivity contribution >= 4 is 29.4 Å². The van der Waals surface area contributed by atoms with Crippen molar-refractivity contribution in [1.29, 1.82) is 0 Å². The van der Waals surface area contributed by atoms with Crippen molar-refractivity contribution in [2.45, 2.75) is 12.4 Å². The van der Waals surface area contributed by atoms with Crippen LogP contribution in [0.15, 0.2) is 42.6 Å². The van der Waals surface area contributed by atoms with Gasteiger partial charge in [0, 0.05) is 38.5 Å². The molecule has 1 aliphatic heterocycles. The number of anilines is 1. The van der Waals surface area contributed by atoms with Gasteiger partial charge in [0.1, 0.15) is 5.82 Å². The lowest BCUT2D eigenvalue weighted by Gasteiger charge is -2.35. The zero-order valence-corrected chi connectivity index (χ0v) is 16.6. The maximum atomic E-state index is 12.9. The van der Waals surface area contributed by atoms with Gasteiger partial charge in [-0.15, -0.1) is 0 Å². The molecule has 0 atom stereocenters. The predicted octanol–water partition coefficient (Wildman–Crippen LogP) is 5.13. The van der Waals surface area contributed by atoms with E-state index >= 15 is 0 Å². The van der Waals surface area contributed by atoms with E-state index in [1.807, 2.05) is 0 Å². The highest BCUT2D eigenvalue weighted by Crippen LogP contribution is 2.35. The Morgan fingerprint density at radius 3 is 2.19 bits per heavy atom. The molecule has 0 aliphatic carbocycles. The van der Waals surface area contributed by atoms with Crippen LogP contribution in [0.3, 0.4) is 0 Å². The van der Waals surface area contributed by atoms with Gasteiger partial charge in [0.2, 0.25) is 5.91 Å². The minimum atomic E-state index is -4.60. The number of carbonyl (C=O) groups excluding carboxylic acids is 1. The van der Waals surface area contributed by atoms with Crippen LogP contribution in [0.1, 0.15) is 16.7 Å². The molecule has 4 nitrogen and oxygen atoms in total. The van der Waals surface area contributed by atoms with Crippen LogP contribution in [0.4, 0.5) is 32.2 Å². The molecule has 2 heterocycles. The maximum absolute atomic E-state index is 12.9. The van der Waals surface area contributed by atoms with Crippen molar-refractivity contribution in [3.63, 3.8) is 0 Å². The molecule has 0 saturated carbocycles. The number of halogens is 7. The van der Waals surface area contributed by atoms with E-state index in [0.717, 1.165) is 24.4 Å². The summed E-state index contributed by atoms with van der Waals surface area (Å²) in [7, 11) is 0. The normalized spacial score (nSPS) is 15.6. The average Bonchev–Trinajstić information content (AvgIpc) is 2.71. The van der Waals surface area contributed by atoms with E-state index in [1.54, 1.807) is 4.90 Å². The number of hydrogen-bond donors (Lipinski definition) is 0. The molecule has 1 aromatic carbocycles. The first-order valence-electron chi connectivity index (χ1n) is 9.07. The van der Waals surface area contributed by atoms with Gasteiger partial charge in [0.25, 0.3) is 0 Å². The number of benzene rings is 1. The van der Waals surface area contributed by atoms with Crippen LogP contribution in [0.2, 0.25) is 5.02 Å². The van der Waals surface area contributed by atoms with Gasteiger partial charge in [0.15, 0.2) is 0 Å². The van der Waals surface area contributed by atoms with E-state index in [9.17, 15) is 31.1 Å². The molecular formula is C20H16ClF6N3O. The molecule has 0 unspecified atom stereocenters. The van der Waals surface area contributed by atoms with Crippen LogP contribution in [-0.2, 0) is 17.1 Å². The molecule has 0 spiro atoms. The molecule has 3 rings (SSSR count). The molecule has 0 bridgehead atoms. The summed E-state index contributed by atoms with van der Waals surface area (Å²) >= 11 is 5.58. The van der Waals surface area contributed by atoms with Crippen LogP contribution in [0.5, 0.6) is 0 Å². The fourth-order valence-electron chi connectivity index (χ4n) is 3.03. The van der Waals surface area contributed by atoms with Gasteiger partial charge in [-0.05, 0) is 35.9 Å². The van der Waals surface area contributed by atoms with E-state index in [-0.39, 0.29) is 11.5 Å². The fourth-order valence-corrected chi connectivity index (χ4v) is 3.26. The quantitative estimate of drug-likeness (QED) is 0.467. The molecule has 1 aromatic heterocycles. The SMILES string of the molecule is O=C(/C=C/c1ccc(Cl)c(C(F)(F)F)c1)N1CCN(c2ccc(C(F)(F)F)cn2)CC1. The van der Waals surface area contributed by atoms with E-state index < -0.39 is 28.5 Å². The molecule has 1 fully saturated rings. The first-order valence-corrected chi connectivity index (χ1v) is 9.45. The molecular weight excluding hydrogens is 448 g/mol. The van der Waals surface area contributed by atoms with Crippen LogP contribution in [0, 0.1) is 0 Å². The first-order chi connectivity index (χ1) is 14.4. The van der Waals surface area contributed by atoms with Crippen LogP contribution < -0.4 is 4.90 Å². The molecule has 0 N–H and O–H groups in total. The molecule has 1 saturated heterocycles. The number of alkyl halides is 6. The third-order valence-corrected chi connectivity index (χ3v) is 5.03. The van der Waals surface area contributed by atoms with Crippen molar-refractivity contribution < 1.29 is 31.1 Å². The number of piperazine rings is 1. The van der Waals surface area contributed by atoms with Gasteiger partial charge in [-0.2, -0.15) is 26.3 Å². The minimum absolute atomic E-state index is 0.178. The highest BCUT2D eigenvalue weighted by molar-refractivity contribution is 6.31.